The van der Waals surface area contributed by atoms with Gasteiger partial charge in [0.25, 0.3) is 0 Å². The molecule has 3 heteroatoms. The lowest BCUT2D eigenvalue weighted by Crippen LogP contribution is -1.94. The van der Waals surface area contributed by atoms with Crippen LogP contribution in [0, 0.1) is 11.7 Å². The van der Waals surface area contributed by atoms with Crippen molar-refractivity contribution in [2.75, 3.05) is 0 Å². The van der Waals surface area contributed by atoms with E-state index in [1.807, 2.05) is 24.3 Å². The third kappa shape index (κ3) is 3.27. The third-order valence-electron chi connectivity index (χ3n) is 2.92. The molecule has 0 heterocycles. The molecule has 19 heavy (non-hydrogen) atoms. The second-order valence-electron chi connectivity index (χ2n) is 5.08. The zero-order chi connectivity index (χ0) is 14.0. The number of phenolic OH excluding ortho intramolecular Hbond substituents is 1. The zero-order valence-corrected chi connectivity index (χ0v) is 11.7. The van der Waals surface area contributed by atoms with Gasteiger partial charge in [-0.15, -0.1) is 0 Å². The Kier molecular flexibility index (Phi) is 4.11. The van der Waals surface area contributed by atoms with Crippen molar-refractivity contribution in [3.8, 4) is 16.9 Å². The average Bonchev–Trinajstić information content (AvgIpc) is 2.33. The van der Waals surface area contributed by atoms with Gasteiger partial charge in [-0.1, -0.05) is 49.7 Å². The van der Waals surface area contributed by atoms with Gasteiger partial charge < -0.3 is 5.11 Å². The second kappa shape index (κ2) is 5.62. The van der Waals surface area contributed by atoms with Crippen molar-refractivity contribution in [3.05, 3.63) is 52.8 Å². The van der Waals surface area contributed by atoms with E-state index in [9.17, 15) is 9.50 Å². The summed E-state index contributed by atoms with van der Waals surface area (Å²) in [6.45, 7) is 4.30. The molecule has 1 nitrogen and oxygen atoms in total. The molecule has 2 aromatic rings. The standard InChI is InChI=1S/C16H16ClFO/c1-10(2)6-11-4-3-5-12(7-11)13-8-14(17)15(18)9-16(13)19/h3-5,7-10,19H,6H2,1-2H3. The Bertz CT molecular complexity index is 593. The highest BCUT2D eigenvalue weighted by Crippen LogP contribution is 2.34. The number of aromatic hydroxyl groups is 1. The maximum Gasteiger partial charge on any atom is 0.145 e. The van der Waals surface area contributed by atoms with Gasteiger partial charge in [0.15, 0.2) is 0 Å². The normalized spacial score (nSPS) is 11.0. The smallest absolute Gasteiger partial charge is 0.145 e. The largest absolute Gasteiger partial charge is 0.507 e. The van der Waals surface area contributed by atoms with Gasteiger partial charge in [0.05, 0.1) is 5.02 Å². The van der Waals surface area contributed by atoms with E-state index < -0.39 is 5.82 Å². The Morgan fingerprint density at radius 3 is 2.63 bits per heavy atom. The molecule has 0 bridgehead atoms. The molecule has 0 aliphatic carbocycles. The number of halogens is 2. The van der Waals surface area contributed by atoms with Crippen LogP contribution in [-0.2, 0) is 6.42 Å². The maximum absolute atomic E-state index is 13.2. The number of phenols is 1. The molecule has 0 atom stereocenters. The van der Waals surface area contributed by atoms with E-state index in [2.05, 4.69) is 13.8 Å². The summed E-state index contributed by atoms with van der Waals surface area (Å²) in [5.74, 6) is -0.148. The quantitative estimate of drug-likeness (QED) is 0.833. The predicted octanol–water partition coefficient (Wildman–Crippen LogP) is 5.05. The van der Waals surface area contributed by atoms with E-state index in [-0.39, 0.29) is 10.8 Å². The van der Waals surface area contributed by atoms with Gasteiger partial charge in [0.1, 0.15) is 11.6 Å². The molecule has 0 spiro atoms. The molecule has 0 unspecified atom stereocenters. The summed E-state index contributed by atoms with van der Waals surface area (Å²) in [4.78, 5) is 0. The predicted molar refractivity (Wildman–Crippen MR) is 77.1 cm³/mol. The lowest BCUT2D eigenvalue weighted by Gasteiger charge is -2.10. The lowest BCUT2D eigenvalue weighted by molar-refractivity contribution is 0.471. The summed E-state index contributed by atoms with van der Waals surface area (Å²) >= 11 is 5.77. The molecule has 2 aromatic carbocycles. The number of hydrogen-bond acceptors (Lipinski definition) is 1. The summed E-state index contributed by atoms with van der Waals surface area (Å²) < 4.78 is 13.2. The van der Waals surface area contributed by atoms with Crippen LogP contribution < -0.4 is 0 Å². The summed E-state index contributed by atoms with van der Waals surface area (Å²) in [5, 5.41) is 9.86. The van der Waals surface area contributed by atoms with E-state index in [0.717, 1.165) is 18.1 Å². The van der Waals surface area contributed by atoms with Gasteiger partial charge in [-0.25, -0.2) is 4.39 Å². The van der Waals surface area contributed by atoms with Crippen molar-refractivity contribution < 1.29 is 9.50 Å². The summed E-state index contributed by atoms with van der Waals surface area (Å²) in [6.07, 6.45) is 0.962. The topological polar surface area (TPSA) is 20.2 Å². The molecule has 0 saturated heterocycles. The maximum atomic E-state index is 13.2. The molecule has 0 aliphatic rings. The number of hydrogen-bond donors (Lipinski definition) is 1. The highest BCUT2D eigenvalue weighted by Gasteiger charge is 2.10. The first-order valence-corrected chi connectivity index (χ1v) is 6.62. The Morgan fingerprint density at radius 2 is 1.95 bits per heavy atom. The minimum atomic E-state index is -0.610. The summed E-state index contributed by atoms with van der Waals surface area (Å²) in [7, 11) is 0. The van der Waals surface area contributed by atoms with Gasteiger partial charge in [-0.05, 0) is 29.5 Å². The lowest BCUT2D eigenvalue weighted by atomic mass is 9.97. The van der Waals surface area contributed by atoms with Crippen LogP contribution in [0.4, 0.5) is 4.39 Å². The molecule has 0 saturated carbocycles. The van der Waals surface area contributed by atoms with E-state index in [4.69, 9.17) is 11.6 Å². The molecule has 0 radical (unpaired) electrons. The zero-order valence-electron chi connectivity index (χ0n) is 11.0. The molecule has 100 valence electrons. The SMILES string of the molecule is CC(C)Cc1cccc(-c2cc(Cl)c(F)cc2O)c1. The molecular weight excluding hydrogens is 263 g/mol. The minimum absolute atomic E-state index is 0.0158. The Balaban J connectivity index is 2.44. The first kappa shape index (κ1) is 13.9. The van der Waals surface area contributed by atoms with Crippen molar-refractivity contribution >= 4 is 11.6 Å². The number of benzene rings is 2. The highest BCUT2D eigenvalue weighted by molar-refractivity contribution is 6.31. The van der Waals surface area contributed by atoms with Gasteiger partial charge in [-0.2, -0.15) is 0 Å². The van der Waals surface area contributed by atoms with Crippen molar-refractivity contribution in [3.63, 3.8) is 0 Å². The Labute approximate surface area is 117 Å². The monoisotopic (exact) mass is 278 g/mol. The van der Waals surface area contributed by atoms with E-state index in [1.165, 1.54) is 11.6 Å². The first-order chi connectivity index (χ1) is 8.97. The van der Waals surface area contributed by atoms with Gasteiger partial charge >= 0.3 is 0 Å². The molecule has 1 N–H and O–H groups in total. The molecule has 0 fully saturated rings. The van der Waals surface area contributed by atoms with Crippen LogP contribution >= 0.6 is 11.6 Å². The van der Waals surface area contributed by atoms with E-state index in [1.54, 1.807) is 0 Å². The fourth-order valence-corrected chi connectivity index (χ4v) is 2.27. The van der Waals surface area contributed by atoms with Crippen LogP contribution in [0.2, 0.25) is 5.02 Å². The molecule has 0 aromatic heterocycles. The highest BCUT2D eigenvalue weighted by atomic mass is 35.5. The molecule has 0 amide bonds. The van der Waals surface area contributed by atoms with Crippen molar-refractivity contribution in [2.24, 2.45) is 5.92 Å². The molecular formula is C16H16ClFO. The van der Waals surface area contributed by atoms with Crippen molar-refractivity contribution in [2.45, 2.75) is 20.3 Å². The van der Waals surface area contributed by atoms with Crippen LogP contribution in [0.15, 0.2) is 36.4 Å². The molecule has 0 aliphatic heterocycles. The van der Waals surface area contributed by atoms with Crippen LogP contribution in [-0.4, -0.2) is 5.11 Å². The molecule has 2 rings (SSSR count). The fourth-order valence-electron chi connectivity index (χ4n) is 2.10. The van der Waals surface area contributed by atoms with Gasteiger partial charge in [0, 0.05) is 11.6 Å². The van der Waals surface area contributed by atoms with Crippen LogP contribution in [0.3, 0.4) is 0 Å². The number of rotatable bonds is 3. The van der Waals surface area contributed by atoms with Gasteiger partial charge in [-0.3, -0.25) is 0 Å². The second-order valence-corrected chi connectivity index (χ2v) is 5.49. The van der Waals surface area contributed by atoms with Crippen LogP contribution in [0.5, 0.6) is 5.75 Å². The van der Waals surface area contributed by atoms with Crippen LogP contribution in [0.25, 0.3) is 11.1 Å². The van der Waals surface area contributed by atoms with E-state index >= 15 is 0 Å². The average molecular weight is 279 g/mol. The minimum Gasteiger partial charge on any atom is -0.507 e. The summed E-state index contributed by atoms with van der Waals surface area (Å²) in [6, 6.07) is 10.4. The Hall–Kier alpha value is -1.54. The van der Waals surface area contributed by atoms with Crippen LogP contribution in [0.1, 0.15) is 19.4 Å². The third-order valence-corrected chi connectivity index (χ3v) is 3.21. The van der Waals surface area contributed by atoms with Gasteiger partial charge in [0.2, 0.25) is 0 Å². The van der Waals surface area contributed by atoms with Crippen molar-refractivity contribution in [1.29, 1.82) is 0 Å². The van der Waals surface area contributed by atoms with Crippen molar-refractivity contribution in [1.82, 2.24) is 0 Å². The van der Waals surface area contributed by atoms with E-state index in [0.29, 0.717) is 11.5 Å². The first-order valence-electron chi connectivity index (χ1n) is 6.24. The fraction of sp³-hybridized carbons (Fsp3) is 0.250. The summed E-state index contributed by atoms with van der Waals surface area (Å²) in [5.41, 5.74) is 2.59. The Morgan fingerprint density at radius 1 is 1.21 bits per heavy atom.